The Balaban J connectivity index is 2.17. The molecule has 0 saturated heterocycles. The van der Waals surface area contributed by atoms with Gasteiger partial charge in [0.25, 0.3) is 0 Å². The quantitative estimate of drug-likeness (QED) is 0.899. The highest BCUT2D eigenvalue weighted by atomic mass is 19.1. The van der Waals surface area contributed by atoms with E-state index in [1.807, 2.05) is 30.3 Å². The lowest BCUT2D eigenvalue weighted by Gasteiger charge is -2.11. The molecular weight excluding hydrogens is 248 g/mol. The zero-order valence-corrected chi connectivity index (χ0v) is 10.4. The predicted molar refractivity (Wildman–Crippen MR) is 69.9 cm³/mol. The number of hydrogen-bond acceptors (Lipinski definition) is 2. The maximum absolute atomic E-state index is 14.0. The minimum Gasteiger partial charge on any atom is -0.483 e. The Morgan fingerprint density at radius 2 is 1.74 bits per heavy atom. The van der Waals surface area contributed by atoms with Gasteiger partial charge in [-0.2, -0.15) is 0 Å². The molecule has 0 bridgehead atoms. The summed E-state index contributed by atoms with van der Waals surface area (Å²) in [5.41, 5.74) is 6.60. The second-order valence-corrected chi connectivity index (χ2v) is 4.16. The molecule has 2 nitrogen and oxygen atoms in total. The molecule has 0 aliphatic rings. The molecule has 0 saturated carbocycles. The Bertz CT molecular complexity index is 543. The average molecular weight is 263 g/mol. The topological polar surface area (TPSA) is 35.2 Å². The van der Waals surface area contributed by atoms with E-state index in [2.05, 4.69) is 0 Å². The lowest BCUT2D eigenvalue weighted by Crippen LogP contribution is -2.07. The molecule has 0 aliphatic carbocycles. The van der Waals surface area contributed by atoms with E-state index in [4.69, 9.17) is 10.5 Å². The summed E-state index contributed by atoms with van der Waals surface area (Å²) in [5, 5.41) is 0. The molecular formula is C15H15F2NO. The van der Waals surface area contributed by atoms with Gasteiger partial charge >= 0.3 is 0 Å². The standard InChI is InChI=1S/C15H15F2NO/c16-13-7-6-12(8-9-18)14(17)15(13)19-10-11-4-2-1-3-5-11/h1-7H,8-10,18H2. The largest absolute Gasteiger partial charge is 0.483 e. The van der Waals surface area contributed by atoms with Crippen molar-refractivity contribution in [2.24, 2.45) is 5.73 Å². The summed E-state index contributed by atoms with van der Waals surface area (Å²) < 4.78 is 32.8. The van der Waals surface area contributed by atoms with Crippen LogP contribution in [-0.2, 0) is 13.0 Å². The molecule has 100 valence electrons. The minimum atomic E-state index is -0.700. The summed E-state index contributed by atoms with van der Waals surface area (Å²) in [4.78, 5) is 0. The first kappa shape index (κ1) is 13.5. The number of hydrogen-bond donors (Lipinski definition) is 1. The fourth-order valence-corrected chi connectivity index (χ4v) is 1.78. The summed E-state index contributed by atoms with van der Waals surface area (Å²) in [6, 6.07) is 11.8. The molecule has 0 radical (unpaired) electrons. The van der Waals surface area contributed by atoms with Gasteiger partial charge in [0.1, 0.15) is 6.61 Å². The lowest BCUT2D eigenvalue weighted by atomic mass is 10.1. The molecule has 0 spiro atoms. The normalized spacial score (nSPS) is 10.5. The molecule has 2 rings (SSSR count). The van der Waals surface area contributed by atoms with E-state index < -0.39 is 11.6 Å². The first-order valence-electron chi connectivity index (χ1n) is 6.06. The van der Waals surface area contributed by atoms with Crippen molar-refractivity contribution < 1.29 is 13.5 Å². The third-order valence-electron chi connectivity index (χ3n) is 2.77. The Labute approximate surface area is 110 Å². The highest BCUT2D eigenvalue weighted by Crippen LogP contribution is 2.25. The summed E-state index contributed by atoms with van der Waals surface area (Å²) in [7, 11) is 0. The van der Waals surface area contributed by atoms with Crippen LogP contribution in [0.4, 0.5) is 8.78 Å². The fourth-order valence-electron chi connectivity index (χ4n) is 1.78. The van der Waals surface area contributed by atoms with E-state index in [9.17, 15) is 8.78 Å². The van der Waals surface area contributed by atoms with Crippen LogP contribution >= 0.6 is 0 Å². The Morgan fingerprint density at radius 3 is 2.42 bits per heavy atom. The van der Waals surface area contributed by atoms with Crippen LogP contribution in [0.15, 0.2) is 42.5 Å². The van der Waals surface area contributed by atoms with Gasteiger partial charge in [0.2, 0.25) is 0 Å². The maximum atomic E-state index is 14.0. The van der Waals surface area contributed by atoms with Gasteiger partial charge in [-0.15, -0.1) is 0 Å². The Morgan fingerprint density at radius 1 is 1.00 bits per heavy atom. The monoisotopic (exact) mass is 263 g/mol. The molecule has 0 atom stereocenters. The molecule has 0 heterocycles. The van der Waals surface area contributed by atoms with Crippen LogP contribution < -0.4 is 10.5 Å². The van der Waals surface area contributed by atoms with Crippen LogP contribution in [-0.4, -0.2) is 6.54 Å². The van der Waals surface area contributed by atoms with Crippen molar-refractivity contribution in [3.05, 3.63) is 65.2 Å². The first-order chi connectivity index (χ1) is 9.22. The first-order valence-corrected chi connectivity index (χ1v) is 6.06. The van der Waals surface area contributed by atoms with E-state index in [1.165, 1.54) is 12.1 Å². The third-order valence-corrected chi connectivity index (χ3v) is 2.77. The van der Waals surface area contributed by atoms with Crippen molar-refractivity contribution >= 4 is 0 Å². The van der Waals surface area contributed by atoms with Gasteiger partial charge in [0, 0.05) is 0 Å². The van der Waals surface area contributed by atoms with Crippen molar-refractivity contribution in [2.75, 3.05) is 6.54 Å². The second-order valence-electron chi connectivity index (χ2n) is 4.16. The maximum Gasteiger partial charge on any atom is 0.191 e. The van der Waals surface area contributed by atoms with Gasteiger partial charge < -0.3 is 10.5 Å². The third kappa shape index (κ3) is 3.29. The van der Waals surface area contributed by atoms with E-state index in [0.717, 1.165) is 5.56 Å². The van der Waals surface area contributed by atoms with Gasteiger partial charge in [0.05, 0.1) is 0 Å². The van der Waals surface area contributed by atoms with E-state index in [0.29, 0.717) is 18.5 Å². The van der Waals surface area contributed by atoms with Gasteiger partial charge in [-0.3, -0.25) is 0 Å². The molecule has 0 amide bonds. The molecule has 4 heteroatoms. The van der Waals surface area contributed by atoms with Crippen LogP contribution in [0.5, 0.6) is 5.75 Å². The Kier molecular flexibility index (Phi) is 4.47. The second kappa shape index (κ2) is 6.29. The van der Waals surface area contributed by atoms with Crippen molar-refractivity contribution in [3.63, 3.8) is 0 Å². The van der Waals surface area contributed by atoms with E-state index in [-0.39, 0.29) is 12.4 Å². The molecule has 2 N–H and O–H groups in total. The summed E-state index contributed by atoms with van der Waals surface area (Å²) in [6.45, 7) is 0.432. The fraction of sp³-hybridized carbons (Fsp3) is 0.200. The van der Waals surface area contributed by atoms with Crippen LogP contribution in [0.3, 0.4) is 0 Å². The number of nitrogens with two attached hydrogens (primary N) is 1. The summed E-state index contributed by atoms with van der Waals surface area (Å²) >= 11 is 0. The highest BCUT2D eigenvalue weighted by Gasteiger charge is 2.14. The predicted octanol–water partition coefficient (Wildman–Crippen LogP) is 3.05. The number of ether oxygens (including phenoxy) is 1. The molecule has 2 aromatic carbocycles. The number of benzene rings is 2. The highest BCUT2D eigenvalue weighted by molar-refractivity contribution is 5.33. The van der Waals surface area contributed by atoms with Crippen LogP contribution in [0.25, 0.3) is 0 Å². The molecule has 0 unspecified atom stereocenters. The zero-order chi connectivity index (χ0) is 13.7. The van der Waals surface area contributed by atoms with E-state index >= 15 is 0 Å². The van der Waals surface area contributed by atoms with E-state index in [1.54, 1.807) is 0 Å². The SMILES string of the molecule is NCCc1ccc(F)c(OCc2ccccc2)c1F. The number of halogens is 2. The molecule has 19 heavy (non-hydrogen) atoms. The number of rotatable bonds is 5. The average Bonchev–Trinajstić information content (AvgIpc) is 2.43. The minimum absolute atomic E-state index is 0.126. The van der Waals surface area contributed by atoms with Gasteiger partial charge in [-0.1, -0.05) is 36.4 Å². The zero-order valence-electron chi connectivity index (χ0n) is 10.4. The lowest BCUT2D eigenvalue weighted by molar-refractivity contribution is 0.273. The van der Waals surface area contributed by atoms with Gasteiger partial charge in [-0.25, -0.2) is 8.78 Å². The van der Waals surface area contributed by atoms with Gasteiger partial charge in [-0.05, 0) is 30.2 Å². The smallest absolute Gasteiger partial charge is 0.191 e. The van der Waals surface area contributed by atoms with Crippen molar-refractivity contribution in [1.82, 2.24) is 0 Å². The summed E-state index contributed by atoms with van der Waals surface area (Å²) in [5.74, 6) is -1.70. The van der Waals surface area contributed by atoms with Crippen LogP contribution in [0.1, 0.15) is 11.1 Å². The van der Waals surface area contributed by atoms with Gasteiger partial charge in [0.15, 0.2) is 17.4 Å². The molecule has 2 aromatic rings. The molecule has 0 fully saturated rings. The van der Waals surface area contributed by atoms with Crippen molar-refractivity contribution in [3.8, 4) is 5.75 Å². The molecule has 0 aliphatic heterocycles. The molecule has 0 aromatic heterocycles. The van der Waals surface area contributed by atoms with Crippen molar-refractivity contribution in [1.29, 1.82) is 0 Å². The van der Waals surface area contributed by atoms with Crippen LogP contribution in [0, 0.1) is 11.6 Å². The summed E-state index contributed by atoms with van der Waals surface area (Å²) in [6.07, 6.45) is 0.355. The van der Waals surface area contributed by atoms with Crippen molar-refractivity contribution in [2.45, 2.75) is 13.0 Å². The Hall–Kier alpha value is -1.94. The van der Waals surface area contributed by atoms with Crippen LogP contribution in [0.2, 0.25) is 0 Å².